The molecule has 0 unspecified atom stereocenters. The summed E-state index contributed by atoms with van der Waals surface area (Å²) in [6.45, 7) is 4.18. The van der Waals surface area contributed by atoms with Crippen LogP contribution in [0.25, 0.3) is 17.2 Å². The Balaban J connectivity index is 2.45. The molecule has 5 nitrogen and oxygen atoms in total. The molecule has 15 heavy (non-hydrogen) atoms. The van der Waals surface area contributed by atoms with Gasteiger partial charge < -0.3 is 10.7 Å². The number of nitrogens with one attached hydrogen (secondary N) is 1. The summed E-state index contributed by atoms with van der Waals surface area (Å²) in [5.41, 5.74) is 7.05. The van der Waals surface area contributed by atoms with Gasteiger partial charge in [-0.1, -0.05) is 19.9 Å². The molecule has 0 aliphatic rings. The zero-order chi connectivity index (χ0) is 10.8. The van der Waals surface area contributed by atoms with Crippen LogP contribution in [-0.4, -0.2) is 19.9 Å². The highest BCUT2D eigenvalue weighted by Gasteiger charge is 2.04. The summed E-state index contributed by atoms with van der Waals surface area (Å²) in [5.74, 6) is 1.49. The van der Waals surface area contributed by atoms with Crippen LogP contribution >= 0.6 is 0 Å². The van der Waals surface area contributed by atoms with Crippen molar-refractivity contribution in [1.82, 2.24) is 19.9 Å². The number of H-pyrrole nitrogens is 1. The maximum absolute atomic E-state index is 5.75. The molecule has 0 aliphatic carbocycles. The molecule has 0 aliphatic heterocycles. The highest BCUT2D eigenvalue weighted by molar-refractivity contribution is 5.81. The van der Waals surface area contributed by atoms with Crippen molar-refractivity contribution >= 4 is 23.1 Å². The summed E-state index contributed by atoms with van der Waals surface area (Å²) >= 11 is 0. The number of nitrogens with zero attached hydrogens (tertiary/aromatic N) is 3. The number of rotatable bonds is 2. The van der Waals surface area contributed by atoms with Crippen molar-refractivity contribution in [3.8, 4) is 0 Å². The molecule has 2 aromatic heterocycles. The lowest BCUT2D eigenvalue weighted by molar-refractivity contribution is 0.835. The molecule has 0 amide bonds. The first-order chi connectivity index (χ1) is 7.16. The molecular weight excluding hydrogens is 190 g/mol. The maximum atomic E-state index is 5.75. The van der Waals surface area contributed by atoms with E-state index in [1.165, 1.54) is 0 Å². The van der Waals surface area contributed by atoms with Crippen molar-refractivity contribution in [3.63, 3.8) is 0 Å². The standard InChI is InChI=1S/C10H13N5/c1-6(2)3-4-7-14-9(11)8-10(15-7)13-5-12-8/h3-6H,1-2H3,(H3,11,12,13,14,15)/b4-3-. The number of fused-ring (bicyclic) bond motifs is 1. The Morgan fingerprint density at radius 1 is 1.40 bits per heavy atom. The molecule has 0 bridgehead atoms. The lowest BCUT2D eigenvalue weighted by atomic mass is 10.2. The highest BCUT2D eigenvalue weighted by Crippen LogP contribution is 2.13. The number of imidazole rings is 1. The topological polar surface area (TPSA) is 80.5 Å². The van der Waals surface area contributed by atoms with Gasteiger partial charge in [-0.2, -0.15) is 0 Å². The SMILES string of the molecule is CC(C)/C=C\c1nc(N)c2[nH]cnc2n1. The van der Waals surface area contributed by atoms with Gasteiger partial charge in [0.2, 0.25) is 0 Å². The summed E-state index contributed by atoms with van der Waals surface area (Å²) in [7, 11) is 0. The fourth-order valence-electron chi connectivity index (χ4n) is 1.23. The largest absolute Gasteiger partial charge is 0.382 e. The van der Waals surface area contributed by atoms with Crippen molar-refractivity contribution in [1.29, 1.82) is 0 Å². The molecule has 0 aromatic carbocycles. The quantitative estimate of drug-likeness (QED) is 0.776. The predicted octanol–water partition coefficient (Wildman–Crippen LogP) is 1.60. The van der Waals surface area contributed by atoms with Gasteiger partial charge in [0.1, 0.15) is 5.52 Å². The normalized spacial score (nSPS) is 11.9. The summed E-state index contributed by atoms with van der Waals surface area (Å²) in [6, 6.07) is 0. The zero-order valence-electron chi connectivity index (χ0n) is 8.73. The van der Waals surface area contributed by atoms with Gasteiger partial charge in [0, 0.05) is 0 Å². The van der Waals surface area contributed by atoms with Crippen molar-refractivity contribution in [2.24, 2.45) is 5.92 Å². The fraction of sp³-hybridized carbons (Fsp3) is 0.300. The van der Waals surface area contributed by atoms with Gasteiger partial charge in [-0.3, -0.25) is 0 Å². The molecule has 78 valence electrons. The van der Waals surface area contributed by atoms with Crippen LogP contribution in [-0.2, 0) is 0 Å². The van der Waals surface area contributed by atoms with Crippen LogP contribution in [0.4, 0.5) is 5.82 Å². The fourth-order valence-corrected chi connectivity index (χ4v) is 1.23. The Labute approximate surface area is 87.5 Å². The Kier molecular flexibility index (Phi) is 2.37. The smallest absolute Gasteiger partial charge is 0.183 e. The number of hydrogen-bond acceptors (Lipinski definition) is 4. The van der Waals surface area contributed by atoms with Crippen LogP contribution in [0.1, 0.15) is 19.7 Å². The first kappa shape index (κ1) is 9.64. The number of aromatic amines is 1. The van der Waals surface area contributed by atoms with E-state index in [0.717, 1.165) is 0 Å². The molecule has 2 aromatic rings. The number of allylic oxidation sites excluding steroid dienone is 1. The van der Waals surface area contributed by atoms with Crippen molar-refractivity contribution in [3.05, 3.63) is 18.2 Å². The van der Waals surface area contributed by atoms with Gasteiger partial charge in [0.25, 0.3) is 0 Å². The average Bonchev–Trinajstić information content (AvgIpc) is 2.63. The Bertz CT molecular complexity index is 497. The van der Waals surface area contributed by atoms with E-state index < -0.39 is 0 Å². The number of anilines is 1. The molecule has 0 spiro atoms. The Morgan fingerprint density at radius 2 is 2.20 bits per heavy atom. The second kappa shape index (κ2) is 3.68. The van der Waals surface area contributed by atoms with E-state index >= 15 is 0 Å². The van der Waals surface area contributed by atoms with Crippen molar-refractivity contribution in [2.75, 3.05) is 5.73 Å². The Hall–Kier alpha value is -1.91. The highest BCUT2D eigenvalue weighted by atomic mass is 15.0. The molecule has 0 saturated carbocycles. The molecule has 2 rings (SSSR count). The van der Waals surface area contributed by atoms with Crippen LogP contribution in [0.3, 0.4) is 0 Å². The number of nitrogens with two attached hydrogens (primary N) is 1. The number of nitrogen functional groups attached to an aromatic ring is 1. The number of hydrogen-bond donors (Lipinski definition) is 2. The summed E-state index contributed by atoms with van der Waals surface area (Å²) < 4.78 is 0. The first-order valence-electron chi connectivity index (χ1n) is 4.81. The summed E-state index contributed by atoms with van der Waals surface area (Å²) in [5, 5.41) is 0. The minimum absolute atomic E-state index is 0.431. The van der Waals surface area contributed by atoms with E-state index in [0.29, 0.717) is 28.7 Å². The van der Waals surface area contributed by atoms with Crippen LogP contribution < -0.4 is 5.73 Å². The van der Waals surface area contributed by atoms with Gasteiger partial charge in [-0.25, -0.2) is 15.0 Å². The van der Waals surface area contributed by atoms with Crippen LogP contribution in [0.2, 0.25) is 0 Å². The van der Waals surface area contributed by atoms with Gasteiger partial charge >= 0.3 is 0 Å². The number of aromatic nitrogens is 4. The van der Waals surface area contributed by atoms with E-state index in [-0.39, 0.29) is 0 Å². The predicted molar refractivity (Wildman–Crippen MR) is 60.0 cm³/mol. The molecule has 3 N–H and O–H groups in total. The Morgan fingerprint density at radius 3 is 2.93 bits per heavy atom. The van der Waals surface area contributed by atoms with Crippen LogP contribution in [0.5, 0.6) is 0 Å². The third-order valence-electron chi connectivity index (χ3n) is 1.96. The van der Waals surface area contributed by atoms with E-state index in [1.54, 1.807) is 6.33 Å². The second-order valence-electron chi connectivity index (χ2n) is 3.67. The minimum Gasteiger partial charge on any atom is -0.382 e. The van der Waals surface area contributed by atoms with E-state index in [9.17, 15) is 0 Å². The van der Waals surface area contributed by atoms with Crippen LogP contribution in [0.15, 0.2) is 12.4 Å². The molecule has 5 heteroatoms. The van der Waals surface area contributed by atoms with Gasteiger partial charge in [0.15, 0.2) is 17.3 Å². The molecule has 0 saturated heterocycles. The monoisotopic (exact) mass is 203 g/mol. The van der Waals surface area contributed by atoms with Gasteiger partial charge in [-0.15, -0.1) is 0 Å². The summed E-state index contributed by atoms with van der Waals surface area (Å²) in [4.78, 5) is 15.3. The summed E-state index contributed by atoms with van der Waals surface area (Å²) in [6.07, 6.45) is 5.44. The van der Waals surface area contributed by atoms with Crippen molar-refractivity contribution < 1.29 is 0 Å². The van der Waals surface area contributed by atoms with Gasteiger partial charge in [0.05, 0.1) is 6.33 Å². The molecular formula is C10H13N5. The minimum atomic E-state index is 0.431. The van der Waals surface area contributed by atoms with Crippen LogP contribution in [0, 0.1) is 5.92 Å². The molecule has 2 heterocycles. The molecule has 0 radical (unpaired) electrons. The van der Waals surface area contributed by atoms with E-state index in [1.807, 2.05) is 12.2 Å². The third-order valence-corrected chi connectivity index (χ3v) is 1.96. The lowest BCUT2D eigenvalue weighted by Crippen LogP contribution is -1.97. The maximum Gasteiger partial charge on any atom is 0.183 e. The first-order valence-corrected chi connectivity index (χ1v) is 4.81. The van der Waals surface area contributed by atoms with E-state index in [2.05, 4.69) is 33.8 Å². The van der Waals surface area contributed by atoms with Gasteiger partial charge in [-0.05, 0) is 12.0 Å². The second-order valence-corrected chi connectivity index (χ2v) is 3.67. The van der Waals surface area contributed by atoms with Crippen molar-refractivity contribution in [2.45, 2.75) is 13.8 Å². The molecule has 0 atom stereocenters. The lowest BCUT2D eigenvalue weighted by Gasteiger charge is -1.97. The zero-order valence-corrected chi connectivity index (χ0v) is 8.73. The van der Waals surface area contributed by atoms with E-state index in [4.69, 9.17) is 5.73 Å². The average molecular weight is 203 g/mol. The third kappa shape index (κ3) is 1.96. The molecule has 0 fully saturated rings.